The molecule has 0 amide bonds. The monoisotopic (exact) mass is 230 g/mol. The lowest BCUT2D eigenvalue weighted by molar-refractivity contribution is 0.398. The van der Waals surface area contributed by atoms with Crippen LogP contribution in [0.15, 0.2) is 18.2 Å². The molecule has 0 fully saturated rings. The number of methoxy groups -OCH3 is 1. The maximum absolute atomic E-state index is 13.3. The third-order valence-corrected chi connectivity index (χ3v) is 3.26. The van der Waals surface area contributed by atoms with E-state index >= 15 is 0 Å². The highest BCUT2D eigenvalue weighted by molar-refractivity contribution is 7.17. The van der Waals surface area contributed by atoms with Crippen molar-refractivity contribution in [3.63, 3.8) is 0 Å². The number of hydrogen-bond donors (Lipinski definition) is 0. The van der Waals surface area contributed by atoms with Crippen molar-refractivity contribution in [2.24, 2.45) is 0 Å². The molecule has 0 atom stereocenters. The minimum atomic E-state index is -0.283. The van der Waals surface area contributed by atoms with E-state index in [1.54, 1.807) is 0 Å². The second kappa shape index (κ2) is 3.75. The number of thiophene rings is 1. The smallest absolute Gasteiger partial charge is 0.219 e. The zero-order valence-corrected chi connectivity index (χ0v) is 9.08. The van der Waals surface area contributed by atoms with Gasteiger partial charge in [0.1, 0.15) is 0 Å². The molecule has 0 saturated carbocycles. The Morgan fingerprint density at radius 1 is 1.50 bits per heavy atom. The van der Waals surface area contributed by atoms with Crippen LogP contribution in [0.2, 0.25) is 0 Å². The minimum Gasteiger partial charge on any atom is -0.492 e. The molecular formula is C10H8ClFOS. The quantitative estimate of drug-likeness (QED) is 0.714. The molecule has 0 unspecified atom stereocenters. The fourth-order valence-corrected chi connectivity index (χ4v) is 2.49. The molecule has 0 radical (unpaired) electrons. The third kappa shape index (κ3) is 1.47. The molecule has 0 N–H and O–H groups in total. The van der Waals surface area contributed by atoms with Crippen LogP contribution >= 0.6 is 22.9 Å². The summed E-state index contributed by atoms with van der Waals surface area (Å²) in [6.45, 7) is 0. The number of alkyl halides is 1. The van der Waals surface area contributed by atoms with Crippen LogP contribution in [0, 0.1) is 5.13 Å². The largest absolute Gasteiger partial charge is 0.492 e. The molecule has 1 nitrogen and oxygen atoms in total. The summed E-state index contributed by atoms with van der Waals surface area (Å²) in [5.41, 5.74) is 0.989. The van der Waals surface area contributed by atoms with Crippen molar-refractivity contribution in [1.29, 1.82) is 0 Å². The standard InChI is InChI=1S/C10H8ClFOS/c1-13-9-7-3-2-6(5-11)4-8(7)14-10(9)12/h2-4H,5H2,1H3. The first-order chi connectivity index (χ1) is 6.76. The van der Waals surface area contributed by atoms with Gasteiger partial charge in [-0.1, -0.05) is 6.07 Å². The Labute approximate surface area is 90.1 Å². The molecule has 0 spiro atoms. The Morgan fingerprint density at radius 2 is 2.29 bits per heavy atom. The number of fused-ring (bicyclic) bond motifs is 1. The lowest BCUT2D eigenvalue weighted by Gasteiger charge is -1.97. The molecule has 2 aromatic rings. The van der Waals surface area contributed by atoms with Gasteiger partial charge in [0.05, 0.1) is 7.11 Å². The molecule has 1 heterocycles. The number of hydrogen-bond acceptors (Lipinski definition) is 2. The highest BCUT2D eigenvalue weighted by Crippen LogP contribution is 2.36. The SMILES string of the molecule is COc1c(F)sc2cc(CCl)ccc12. The molecule has 2 rings (SSSR count). The van der Waals surface area contributed by atoms with Gasteiger partial charge in [0.15, 0.2) is 5.75 Å². The molecule has 0 aliphatic rings. The predicted octanol–water partition coefficient (Wildman–Crippen LogP) is 3.79. The normalized spacial score (nSPS) is 10.8. The molecule has 1 aromatic heterocycles. The minimum absolute atomic E-state index is 0.283. The summed E-state index contributed by atoms with van der Waals surface area (Å²) < 4.78 is 19.1. The van der Waals surface area contributed by atoms with Crippen LogP contribution in [0.5, 0.6) is 5.75 Å². The summed E-state index contributed by atoms with van der Waals surface area (Å²) in [4.78, 5) is 0. The summed E-state index contributed by atoms with van der Waals surface area (Å²) in [5.74, 6) is 0.767. The van der Waals surface area contributed by atoms with Gasteiger partial charge in [-0.25, -0.2) is 0 Å². The van der Waals surface area contributed by atoms with Crippen LogP contribution in [0.1, 0.15) is 5.56 Å². The molecule has 1 aromatic carbocycles. The summed E-state index contributed by atoms with van der Waals surface area (Å²) in [7, 11) is 1.47. The highest BCUT2D eigenvalue weighted by atomic mass is 35.5. The van der Waals surface area contributed by atoms with Crippen molar-refractivity contribution in [1.82, 2.24) is 0 Å². The molecular weight excluding hydrogens is 223 g/mol. The first-order valence-electron chi connectivity index (χ1n) is 4.07. The molecule has 14 heavy (non-hydrogen) atoms. The zero-order chi connectivity index (χ0) is 10.1. The number of ether oxygens (including phenoxy) is 1. The van der Waals surface area contributed by atoms with Gasteiger partial charge in [0, 0.05) is 16.0 Å². The second-order valence-corrected chi connectivity index (χ2v) is 4.14. The van der Waals surface area contributed by atoms with E-state index in [-0.39, 0.29) is 5.13 Å². The van der Waals surface area contributed by atoms with Gasteiger partial charge >= 0.3 is 0 Å². The van der Waals surface area contributed by atoms with Gasteiger partial charge in [-0.3, -0.25) is 0 Å². The predicted molar refractivity (Wildman–Crippen MR) is 57.9 cm³/mol. The summed E-state index contributed by atoms with van der Waals surface area (Å²) in [6, 6.07) is 5.61. The van der Waals surface area contributed by atoms with Gasteiger partial charge in [-0.15, -0.1) is 22.9 Å². The lowest BCUT2D eigenvalue weighted by Crippen LogP contribution is -1.82. The number of rotatable bonds is 2. The average molecular weight is 231 g/mol. The lowest BCUT2D eigenvalue weighted by atomic mass is 10.2. The van der Waals surface area contributed by atoms with E-state index < -0.39 is 0 Å². The Hall–Kier alpha value is -0.800. The number of halogens is 2. The van der Waals surface area contributed by atoms with Crippen molar-refractivity contribution in [2.45, 2.75) is 5.88 Å². The molecule has 0 aliphatic carbocycles. The van der Waals surface area contributed by atoms with Crippen LogP contribution in [-0.2, 0) is 5.88 Å². The van der Waals surface area contributed by atoms with E-state index in [4.69, 9.17) is 16.3 Å². The highest BCUT2D eigenvalue weighted by Gasteiger charge is 2.12. The molecule has 0 aliphatic heterocycles. The second-order valence-electron chi connectivity index (χ2n) is 2.87. The summed E-state index contributed by atoms with van der Waals surface area (Å²) >= 11 is 6.77. The van der Waals surface area contributed by atoms with Gasteiger partial charge in [0.25, 0.3) is 0 Å². The third-order valence-electron chi connectivity index (χ3n) is 2.03. The van der Waals surface area contributed by atoms with Gasteiger partial charge < -0.3 is 4.74 Å². The average Bonchev–Trinajstić information content (AvgIpc) is 2.51. The van der Waals surface area contributed by atoms with Crippen molar-refractivity contribution in [3.05, 3.63) is 28.9 Å². The van der Waals surface area contributed by atoms with Crippen LogP contribution < -0.4 is 4.74 Å². The Balaban J connectivity index is 2.68. The Morgan fingerprint density at radius 3 is 2.93 bits per heavy atom. The van der Waals surface area contributed by atoms with E-state index in [9.17, 15) is 4.39 Å². The van der Waals surface area contributed by atoms with Crippen molar-refractivity contribution >= 4 is 33.0 Å². The first kappa shape index (κ1) is 9.74. The van der Waals surface area contributed by atoms with Crippen LogP contribution in [-0.4, -0.2) is 7.11 Å². The van der Waals surface area contributed by atoms with E-state index in [1.165, 1.54) is 7.11 Å². The fraction of sp³-hybridized carbons (Fsp3) is 0.200. The maximum atomic E-state index is 13.3. The molecule has 4 heteroatoms. The maximum Gasteiger partial charge on any atom is 0.219 e. The molecule has 0 bridgehead atoms. The first-order valence-corrected chi connectivity index (χ1v) is 5.42. The van der Waals surface area contributed by atoms with E-state index in [1.807, 2.05) is 18.2 Å². The Kier molecular flexibility index (Phi) is 2.61. The fourth-order valence-electron chi connectivity index (χ4n) is 1.36. The van der Waals surface area contributed by atoms with Crippen LogP contribution in [0.25, 0.3) is 10.1 Å². The summed E-state index contributed by atoms with van der Waals surface area (Å²) in [6.07, 6.45) is 0. The summed E-state index contributed by atoms with van der Waals surface area (Å²) in [5, 5.41) is 0.526. The van der Waals surface area contributed by atoms with Gasteiger partial charge in [-0.05, 0) is 17.7 Å². The van der Waals surface area contributed by atoms with Crippen LogP contribution in [0.4, 0.5) is 4.39 Å². The van der Waals surface area contributed by atoms with E-state index in [0.717, 1.165) is 27.0 Å². The van der Waals surface area contributed by atoms with E-state index in [0.29, 0.717) is 11.6 Å². The molecule has 0 saturated heterocycles. The van der Waals surface area contributed by atoms with Crippen molar-refractivity contribution < 1.29 is 9.13 Å². The van der Waals surface area contributed by atoms with Gasteiger partial charge in [0.2, 0.25) is 5.13 Å². The van der Waals surface area contributed by atoms with Crippen molar-refractivity contribution in [3.8, 4) is 5.75 Å². The van der Waals surface area contributed by atoms with Crippen molar-refractivity contribution in [2.75, 3.05) is 7.11 Å². The van der Waals surface area contributed by atoms with Crippen LogP contribution in [0.3, 0.4) is 0 Å². The topological polar surface area (TPSA) is 9.23 Å². The van der Waals surface area contributed by atoms with Gasteiger partial charge in [-0.2, -0.15) is 4.39 Å². The van der Waals surface area contributed by atoms with E-state index in [2.05, 4.69) is 0 Å². The molecule has 74 valence electrons. The zero-order valence-electron chi connectivity index (χ0n) is 7.51. The number of benzene rings is 1. The Bertz CT molecular complexity index is 466.